The molecule has 1 nitrogen and oxygen atoms in total. The lowest BCUT2D eigenvalue weighted by atomic mass is 9.57. The van der Waals surface area contributed by atoms with Gasteiger partial charge in [-0.1, -0.05) is 30.2 Å². The van der Waals surface area contributed by atoms with E-state index in [-0.39, 0.29) is 11.2 Å². The van der Waals surface area contributed by atoms with Crippen LogP contribution in [0.4, 0.5) is 0 Å². The van der Waals surface area contributed by atoms with Gasteiger partial charge in [0.1, 0.15) is 0 Å². The van der Waals surface area contributed by atoms with Crippen LogP contribution < -0.4 is 0 Å². The molecule has 0 radical (unpaired) electrons. The van der Waals surface area contributed by atoms with Gasteiger partial charge in [0.15, 0.2) is 5.78 Å². The van der Waals surface area contributed by atoms with E-state index in [1.54, 1.807) is 22.8 Å². The molecule has 4 aliphatic carbocycles. The number of ketones is 1. The van der Waals surface area contributed by atoms with Gasteiger partial charge in [0.05, 0.1) is 0 Å². The average Bonchev–Trinajstić information content (AvgIpc) is 2.81. The summed E-state index contributed by atoms with van der Waals surface area (Å²) in [5.74, 6) is 0.169. The van der Waals surface area contributed by atoms with Crippen molar-refractivity contribution in [3.05, 3.63) is 46.6 Å². The van der Waals surface area contributed by atoms with Crippen molar-refractivity contribution >= 4 is 5.78 Å². The van der Waals surface area contributed by atoms with Crippen LogP contribution in [-0.2, 0) is 4.79 Å². The predicted octanol–water partition coefficient (Wildman–Crippen LogP) is 4.67. The minimum atomic E-state index is 0.0201. The summed E-state index contributed by atoms with van der Waals surface area (Å²) in [4.78, 5) is 11.7. The van der Waals surface area contributed by atoms with Gasteiger partial charge in [-0.05, 0) is 74.2 Å². The van der Waals surface area contributed by atoms with Gasteiger partial charge < -0.3 is 0 Å². The number of fused-ring (bicyclic) bond motifs is 4. The SMILES string of the molecule is CC12C=CC(=O)C=C1CCC1=C2CC[C@@]2(C)CCC=C12. The Labute approximate surface area is 121 Å². The standard InChI is InChI=1S/C19H22O/c1-18-9-3-4-16(18)15-6-5-13-12-14(20)7-11-19(13,2)17(15)8-10-18/h4,7,11-12H,3,5-6,8-10H2,1-2H3/t18-,19?/m1/s1. The predicted molar refractivity (Wildman–Crippen MR) is 81.3 cm³/mol. The maximum Gasteiger partial charge on any atom is 0.178 e. The Morgan fingerprint density at radius 1 is 1.10 bits per heavy atom. The molecule has 2 atom stereocenters. The molecule has 0 aromatic rings. The lowest BCUT2D eigenvalue weighted by Crippen LogP contribution is -2.34. The fourth-order valence-electron chi connectivity index (χ4n) is 4.85. The normalized spacial score (nSPS) is 39.0. The third kappa shape index (κ3) is 1.47. The highest BCUT2D eigenvalue weighted by atomic mass is 16.1. The van der Waals surface area contributed by atoms with Crippen molar-refractivity contribution in [3.63, 3.8) is 0 Å². The minimum absolute atomic E-state index is 0.0201. The summed E-state index contributed by atoms with van der Waals surface area (Å²) in [7, 11) is 0. The molecule has 0 spiro atoms. The van der Waals surface area contributed by atoms with E-state index in [4.69, 9.17) is 0 Å². The molecule has 4 aliphatic rings. The molecule has 0 saturated carbocycles. The smallest absolute Gasteiger partial charge is 0.178 e. The Morgan fingerprint density at radius 3 is 2.80 bits per heavy atom. The number of hydrogen-bond acceptors (Lipinski definition) is 1. The summed E-state index contributed by atoms with van der Waals surface area (Å²) in [6, 6.07) is 0. The van der Waals surface area contributed by atoms with Gasteiger partial charge >= 0.3 is 0 Å². The van der Waals surface area contributed by atoms with Crippen molar-refractivity contribution in [2.75, 3.05) is 0 Å². The Balaban J connectivity index is 1.88. The highest BCUT2D eigenvalue weighted by Crippen LogP contribution is 2.59. The molecule has 0 aliphatic heterocycles. The zero-order valence-electron chi connectivity index (χ0n) is 12.5. The molecule has 0 saturated heterocycles. The van der Waals surface area contributed by atoms with E-state index in [1.165, 1.54) is 31.3 Å². The van der Waals surface area contributed by atoms with Crippen molar-refractivity contribution in [3.8, 4) is 0 Å². The maximum atomic E-state index is 11.7. The summed E-state index contributed by atoms with van der Waals surface area (Å²) in [6.45, 7) is 4.76. The Bertz CT molecular complexity index is 628. The van der Waals surface area contributed by atoms with Gasteiger partial charge in [0.2, 0.25) is 0 Å². The first-order chi connectivity index (χ1) is 9.53. The third-order valence-electron chi connectivity index (χ3n) is 6.15. The molecule has 20 heavy (non-hydrogen) atoms. The lowest BCUT2D eigenvalue weighted by Gasteiger charge is -2.46. The monoisotopic (exact) mass is 266 g/mol. The Kier molecular flexibility index (Phi) is 2.38. The largest absolute Gasteiger partial charge is 0.290 e. The number of carbonyl (C=O) groups excluding carboxylic acids is 1. The topological polar surface area (TPSA) is 17.1 Å². The molecular formula is C19H22O. The zero-order valence-corrected chi connectivity index (χ0v) is 12.5. The molecule has 0 amide bonds. The second-order valence-corrected chi connectivity index (χ2v) is 7.28. The van der Waals surface area contributed by atoms with Crippen LogP contribution in [0.15, 0.2) is 46.6 Å². The summed E-state index contributed by atoms with van der Waals surface area (Å²) < 4.78 is 0. The van der Waals surface area contributed by atoms with Crippen molar-refractivity contribution in [2.45, 2.75) is 52.4 Å². The van der Waals surface area contributed by atoms with Crippen LogP contribution in [0.3, 0.4) is 0 Å². The van der Waals surface area contributed by atoms with Crippen LogP contribution in [0.2, 0.25) is 0 Å². The van der Waals surface area contributed by atoms with Crippen LogP contribution >= 0.6 is 0 Å². The molecule has 0 aromatic heterocycles. The second-order valence-electron chi connectivity index (χ2n) is 7.28. The third-order valence-corrected chi connectivity index (χ3v) is 6.15. The van der Waals surface area contributed by atoms with E-state index in [0.717, 1.165) is 12.8 Å². The van der Waals surface area contributed by atoms with Crippen LogP contribution in [0.1, 0.15) is 52.4 Å². The quantitative estimate of drug-likeness (QED) is 0.622. The number of rotatable bonds is 0. The van der Waals surface area contributed by atoms with E-state index < -0.39 is 0 Å². The molecule has 0 N–H and O–H groups in total. The average molecular weight is 266 g/mol. The fraction of sp³-hybridized carbons (Fsp3) is 0.526. The van der Waals surface area contributed by atoms with E-state index in [1.807, 2.05) is 6.08 Å². The van der Waals surface area contributed by atoms with Crippen molar-refractivity contribution < 1.29 is 4.79 Å². The minimum Gasteiger partial charge on any atom is -0.290 e. The number of hydrogen-bond donors (Lipinski definition) is 0. The van der Waals surface area contributed by atoms with E-state index in [2.05, 4.69) is 26.0 Å². The molecule has 4 rings (SSSR count). The van der Waals surface area contributed by atoms with Gasteiger partial charge in [-0.3, -0.25) is 4.79 Å². The Hall–Kier alpha value is -1.37. The Morgan fingerprint density at radius 2 is 1.95 bits per heavy atom. The first kappa shape index (κ1) is 12.4. The van der Waals surface area contributed by atoms with Crippen molar-refractivity contribution in [1.29, 1.82) is 0 Å². The summed E-state index contributed by atoms with van der Waals surface area (Å²) >= 11 is 0. The molecular weight excluding hydrogens is 244 g/mol. The number of carbonyl (C=O) groups is 1. The van der Waals surface area contributed by atoms with Crippen molar-refractivity contribution in [1.82, 2.24) is 0 Å². The molecule has 1 heteroatoms. The van der Waals surface area contributed by atoms with E-state index in [0.29, 0.717) is 5.41 Å². The first-order valence-electron chi connectivity index (χ1n) is 7.91. The van der Waals surface area contributed by atoms with E-state index >= 15 is 0 Å². The van der Waals surface area contributed by atoms with Crippen molar-refractivity contribution in [2.24, 2.45) is 10.8 Å². The molecule has 0 fully saturated rings. The first-order valence-corrected chi connectivity index (χ1v) is 7.91. The molecule has 0 bridgehead atoms. The highest BCUT2D eigenvalue weighted by molar-refractivity contribution is 6.01. The van der Waals surface area contributed by atoms with Crippen LogP contribution in [0.25, 0.3) is 0 Å². The molecule has 1 unspecified atom stereocenters. The molecule has 0 aromatic carbocycles. The second kappa shape index (κ2) is 3.84. The summed E-state index contributed by atoms with van der Waals surface area (Å²) in [6.07, 6.45) is 15.6. The van der Waals surface area contributed by atoms with Gasteiger partial charge in [-0.2, -0.15) is 0 Å². The summed E-state index contributed by atoms with van der Waals surface area (Å²) in [5, 5.41) is 0. The van der Waals surface area contributed by atoms with Gasteiger partial charge in [-0.15, -0.1) is 0 Å². The fourth-order valence-corrected chi connectivity index (χ4v) is 4.85. The molecule has 104 valence electrons. The highest BCUT2D eigenvalue weighted by Gasteiger charge is 2.45. The van der Waals surface area contributed by atoms with E-state index in [9.17, 15) is 4.79 Å². The molecule has 0 heterocycles. The van der Waals surface area contributed by atoms with Gasteiger partial charge in [0.25, 0.3) is 0 Å². The van der Waals surface area contributed by atoms with Gasteiger partial charge in [0, 0.05) is 5.41 Å². The maximum absolute atomic E-state index is 11.7. The van der Waals surface area contributed by atoms with Gasteiger partial charge in [-0.25, -0.2) is 0 Å². The zero-order chi connectivity index (χ0) is 14.0. The van der Waals surface area contributed by atoms with Crippen LogP contribution in [-0.4, -0.2) is 5.78 Å². The summed E-state index contributed by atoms with van der Waals surface area (Å²) in [5.41, 5.74) is 6.67. The number of allylic oxidation sites excluding steroid dienone is 8. The lowest BCUT2D eigenvalue weighted by molar-refractivity contribution is -0.110. The van der Waals surface area contributed by atoms with Crippen LogP contribution in [0.5, 0.6) is 0 Å². The van der Waals surface area contributed by atoms with Crippen LogP contribution in [0, 0.1) is 10.8 Å².